The second kappa shape index (κ2) is 4.75. The molecule has 2 aromatic rings. The molecule has 0 amide bonds. The normalized spacial score (nSPS) is 11.5. The predicted molar refractivity (Wildman–Crippen MR) is 62.9 cm³/mol. The van der Waals surface area contributed by atoms with Crippen molar-refractivity contribution >= 4 is 22.6 Å². The summed E-state index contributed by atoms with van der Waals surface area (Å²) in [5, 5.41) is 11.6. The number of rotatable bonds is 3. The zero-order chi connectivity index (χ0) is 14.0. The van der Waals surface area contributed by atoms with Crippen LogP contribution in [0.25, 0.3) is 10.9 Å². The maximum Gasteiger partial charge on any atom is 0.416 e. The number of alkyl halides is 3. The van der Waals surface area contributed by atoms with Gasteiger partial charge in [-0.25, -0.2) is 0 Å². The van der Waals surface area contributed by atoms with Crippen molar-refractivity contribution in [3.8, 4) is 0 Å². The number of aliphatic carboxylic acids is 1. The van der Waals surface area contributed by atoms with Gasteiger partial charge in [-0.15, -0.1) is 0 Å². The number of carboxylic acid groups (broad SMARTS) is 1. The molecule has 0 fully saturated rings. The van der Waals surface area contributed by atoms with E-state index < -0.39 is 17.7 Å². The average molecular weight is 270 g/mol. The van der Waals surface area contributed by atoms with Crippen LogP contribution in [0.5, 0.6) is 0 Å². The molecule has 1 aromatic carbocycles. The monoisotopic (exact) mass is 270 g/mol. The highest BCUT2D eigenvalue weighted by atomic mass is 19.4. The number of hydrogen-bond donors (Lipinski definition) is 2. The molecule has 2 N–H and O–H groups in total. The molecule has 100 valence electrons. The summed E-state index contributed by atoms with van der Waals surface area (Å²) in [5.74, 6) is -1.06. The van der Waals surface area contributed by atoms with Gasteiger partial charge in [-0.05, 0) is 18.2 Å². The van der Waals surface area contributed by atoms with Gasteiger partial charge < -0.3 is 10.4 Å². The van der Waals surface area contributed by atoms with Crippen LogP contribution in [0, 0.1) is 0 Å². The molecule has 0 atom stereocenters. The Hall–Kier alpha value is -2.31. The first kappa shape index (κ1) is 13.1. The van der Waals surface area contributed by atoms with Crippen molar-refractivity contribution in [2.24, 2.45) is 0 Å². The Labute approximate surface area is 105 Å². The zero-order valence-electron chi connectivity index (χ0n) is 9.53. The molecule has 0 saturated carbocycles. The van der Waals surface area contributed by atoms with Crippen LogP contribution in [-0.2, 0) is 11.0 Å². The van der Waals surface area contributed by atoms with Crippen LogP contribution in [0.3, 0.4) is 0 Å². The van der Waals surface area contributed by atoms with E-state index in [1.807, 2.05) is 0 Å². The average Bonchev–Trinajstić information content (AvgIpc) is 2.34. The summed E-state index contributed by atoms with van der Waals surface area (Å²) in [6.07, 6.45) is -3.10. The van der Waals surface area contributed by atoms with E-state index in [9.17, 15) is 18.0 Å². The molecule has 0 saturated heterocycles. The largest absolute Gasteiger partial charge is 0.480 e. The molecule has 0 aliphatic rings. The molecule has 0 bridgehead atoms. The fourth-order valence-corrected chi connectivity index (χ4v) is 1.65. The van der Waals surface area contributed by atoms with E-state index in [1.165, 1.54) is 18.3 Å². The Kier molecular flexibility index (Phi) is 3.28. The number of pyridine rings is 1. The number of carboxylic acids is 1. The fraction of sp³-hybridized carbons (Fsp3) is 0.167. The molecule has 0 radical (unpaired) electrons. The number of halogens is 3. The van der Waals surface area contributed by atoms with Crippen LogP contribution in [0.15, 0.2) is 30.5 Å². The summed E-state index contributed by atoms with van der Waals surface area (Å²) < 4.78 is 37.6. The predicted octanol–water partition coefficient (Wildman–Crippen LogP) is 2.75. The minimum Gasteiger partial charge on any atom is -0.480 e. The van der Waals surface area contributed by atoms with Gasteiger partial charge in [0.05, 0.1) is 11.1 Å². The van der Waals surface area contributed by atoms with Crippen LogP contribution in [0.4, 0.5) is 18.9 Å². The highest BCUT2D eigenvalue weighted by Crippen LogP contribution is 2.32. The quantitative estimate of drug-likeness (QED) is 0.900. The van der Waals surface area contributed by atoms with E-state index in [1.54, 1.807) is 0 Å². The minimum atomic E-state index is -4.43. The van der Waals surface area contributed by atoms with Gasteiger partial charge in [0.1, 0.15) is 6.54 Å². The third-order valence-corrected chi connectivity index (χ3v) is 2.50. The number of aromatic nitrogens is 1. The molecule has 19 heavy (non-hydrogen) atoms. The van der Waals surface area contributed by atoms with Gasteiger partial charge in [-0.3, -0.25) is 9.78 Å². The summed E-state index contributed by atoms with van der Waals surface area (Å²) in [4.78, 5) is 14.3. The number of nitrogens with one attached hydrogen (secondary N) is 1. The van der Waals surface area contributed by atoms with Crippen molar-refractivity contribution in [3.63, 3.8) is 0 Å². The lowest BCUT2D eigenvalue weighted by atomic mass is 10.1. The van der Waals surface area contributed by atoms with E-state index in [2.05, 4.69) is 10.3 Å². The molecule has 0 spiro atoms. The van der Waals surface area contributed by atoms with Gasteiger partial charge >= 0.3 is 12.1 Å². The topological polar surface area (TPSA) is 62.2 Å². The van der Waals surface area contributed by atoms with Gasteiger partial charge in [0.2, 0.25) is 0 Å². The summed E-state index contributed by atoms with van der Waals surface area (Å²) in [6.45, 7) is -0.319. The highest BCUT2D eigenvalue weighted by Gasteiger charge is 2.30. The first-order valence-corrected chi connectivity index (χ1v) is 5.29. The van der Waals surface area contributed by atoms with Crippen molar-refractivity contribution in [1.29, 1.82) is 0 Å². The molecule has 7 heteroatoms. The van der Waals surface area contributed by atoms with Crippen molar-refractivity contribution in [1.82, 2.24) is 4.98 Å². The van der Waals surface area contributed by atoms with Crippen molar-refractivity contribution in [2.75, 3.05) is 11.9 Å². The molecule has 0 aliphatic carbocycles. The van der Waals surface area contributed by atoms with Crippen molar-refractivity contribution < 1.29 is 23.1 Å². The SMILES string of the molecule is O=C(O)CNc1ccnc2cc(C(F)(F)F)ccc12. The van der Waals surface area contributed by atoms with Crippen LogP contribution in [-0.4, -0.2) is 22.6 Å². The Balaban J connectivity index is 2.44. The van der Waals surface area contributed by atoms with Gasteiger partial charge in [-0.1, -0.05) is 6.07 Å². The van der Waals surface area contributed by atoms with Gasteiger partial charge in [0, 0.05) is 17.3 Å². The Morgan fingerprint density at radius 2 is 2.05 bits per heavy atom. The molecular formula is C12H9F3N2O2. The first-order valence-electron chi connectivity index (χ1n) is 5.29. The van der Waals surface area contributed by atoms with Gasteiger partial charge in [-0.2, -0.15) is 13.2 Å². The molecule has 0 aliphatic heterocycles. The molecule has 1 heterocycles. The number of hydrogen-bond acceptors (Lipinski definition) is 3. The summed E-state index contributed by atoms with van der Waals surface area (Å²) in [7, 11) is 0. The fourth-order valence-electron chi connectivity index (χ4n) is 1.65. The molecular weight excluding hydrogens is 261 g/mol. The third kappa shape index (κ3) is 2.93. The maximum absolute atomic E-state index is 12.5. The van der Waals surface area contributed by atoms with E-state index in [4.69, 9.17) is 5.11 Å². The summed E-state index contributed by atoms with van der Waals surface area (Å²) in [5.41, 5.74) is -0.200. The number of fused-ring (bicyclic) bond motifs is 1. The lowest BCUT2D eigenvalue weighted by Crippen LogP contribution is -2.12. The van der Waals surface area contributed by atoms with E-state index in [0.29, 0.717) is 11.1 Å². The minimum absolute atomic E-state index is 0.158. The molecule has 4 nitrogen and oxygen atoms in total. The van der Waals surface area contributed by atoms with Crippen LogP contribution in [0.2, 0.25) is 0 Å². The Morgan fingerprint density at radius 1 is 1.32 bits per heavy atom. The molecule has 1 aromatic heterocycles. The molecule has 0 unspecified atom stereocenters. The lowest BCUT2D eigenvalue weighted by molar-refractivity contribution is -0.137. The molecule has 2 rings (SSSR count). The van der Waals surface area contributed by atoms with E-state index in [0.717, 1.165) is 12.1 Å². The lowest BCUT2D eigenvalue weighted by Gasteiger charge is -2.10. The van der Waals surface area contributed by atoms with Crippen LogP contribution >= 0.6 is 0 Å². The van der Waals surface area contributed by atoms with Crippen molar-refractivity contribution in [3.05, 3.63) is 36.0 Å². The standard InChI is InChI=1S/C12H9F3N2O2/c13-12(14,15)7-1-2-8-9(17-6-11(18)19)3-4-16-10(8)5-7/h1-5H,6H2,(H,16,17)(H,18,19). The van der Waals surface area contributed by atoms with E-state index in [-0.39, 0.29) is 12.1 Å². The number of anilines is 1. The van der Waals surface area contributed by atoms with Crippen LogP contribution in [0.1, 0.15) is 5.56 Å². The van der Waals surface area contributed by atoms with Gasteiger partial charge in [0.25, 0.3) is 0 Å². The Bertz CT molecular complexity index is 626. The number of nitrogens with zero attached hydrogens (tertiary/aromatic N) is 1. The Morgan fingerprint density at radius 3 is 2.68 bits per heavy atom. The smallest absolute Gasteiger partial charge is 0.416 e. The van der Waals surface area contributed by atoms with Crippen molar-refractivity contribution in [2.45, 2.75) is 6.18 Å². The van der Waals surface area contributed by atoms with Gasteiger partial charge in [0.15, 0.2) is 0 Å². The van der Waals surface area contributed by atoms with Crippen LogP contribution < -0.4 is 5.32 Å². The second-order valence-electron chi connectivity index (χ2n) is 3.84. The summed E-state index contributed by atoms with van der Waals surface area (Å²) >= 11 is 0. The third-order valence-electron chi connectivity index (χ3n) is 2.50. The zero-order valence-corrected chi connectivity index (χ0v) is 9.53. The summed E-state index contributed by atoms with van der Waals surface area (Å²) in [6, 6.07) is 4.66. The number of benzene rings is 1. The highest BCUT2D eigenvalue weighted by molar-refractivity contribution is 5.92. The maximum atomic E-state index is 12.5. The second-order valence-corrected chi connectivity index (χ2v) is 3.84. The number of carbonyl (C=O) groups is 1. The van der Waals surface area contributed by atoms with E-state index >= 15 is 0 Å². The first-order chi connectivity index (χ1) is 8.88.